The molecule has 0 radical (unpaired) electrons. The van der Waals surface area contributed by atoms with E-state index in [0.29, 0.717) is 0 Å². The van der Waals surface area contributed by atoms with Crippen molar-refractivity contribution in [2.24, 2.45) is 5.92 Å². The van der Waals surface area contributed by atoms with E-state index in [1.165, 1.54) is 0 Å². The van der Waals surface area contributed by atoms with Crippen LogP contribution in [0, 0.1) is 5.92 Å². The number of benzene rings is 1. The van der Waals surface area contributed by atoms with Crippen molar-refractivity contribution >= 4 is 11.6 Å². The average Bonchev–Trinajstić information content (AvgIpc) is 2.96. The molecular formula is C17H15N3O2. The molecule has 110 valence electrons. The molecule has 1 fully saturated rings. The Kier molecular flexibility index (Phi) is 3.04. The minimum absolute atomic E-state index is 0.0178. The van der Waals surface area contributed by atoms with Crippen molar-refractivity contribution in [3.63, 3.8) is 0 Å². The summed E-state index contributed by atoms with van der Waals surface area (Å²) in [7, 11) is 0. The number of nitrogens with zero attached hydrogens (tertiary/aromatic N) is 1. The molecule has 1 aliphatic carbocycles. The zero-order chi connectivity index (χ0) is 14.9. The molecular weight excluding hydrogens is 278 g/mol. The monoisotopic (exact) mass is 293 g/mol. The van der Waals surface area contributed by atoms with Crippen molar-refractivity contribution < 1.29 is 9.21 Å². The lowest BCUT2D eigenvalue weighted by Crippen LogP contribution is -2.15. The number of aromatic amines is 1. The fourth-order valence-electron chi connectivity index (χ4n) is 2.74. The maximum Gasteiger partial charge on any atom is 0.228 e. The van der Waals surface area contributed by atoms with Crippen LogP contribution in [0.15, 0.2) is 59.5 Å². The zero-order valence-electron chi connectivity index (χ0n) is 11.8. The number of imidazole rings is 1. The van der Waals surface area contributed by atoms with Gasteiger partial charge in [0.05, 0.1) is 12.0 Å². The fraction of sp³-hybridized carbons (Fsp3) is 0.176. The van der Waals surface area contributed by atoms with Gasteiger partial charge in [0.25, 0.3) is 0 Å². The molecule has 0 bridgehead atoms. The van der Waals surface area contributed by atoms with Gasteiger partial charge >= 0.3 is 0 Å². The average molecular weight is 293 g/mol. The maximum atomic E-state index is 12.4. The van der Waals surface area contributed by atoms with E-state index in [2.05, 4.69) is 15.3 Å². The molecule has 1 amide bonds. The van der Waals surface area contributed by atoms with Gasteiger partial charge in [-0.05, 0) is 30.7 Å². The van der Waals surface area contributed by atoms with Gasteiger partial charge in [-0.2, -0.15) is 0 Å². The van der Waals surface area contributed by atoms with Crippen LogP contribution in [-0.2, 0) is 4.79 Å². The Hall–Kier alpha value is -2.82. The third-order valence-electron chi connectivity index (χ3n) is 3.97. The number of carbonyl (C=O) groups is 1. The van der Waals surface area contributed by atoms with Gasteiger partial charge in [-0.3, -0.25) is 4.79 Å². The Morgan fingerprint density at radius 2 is 2.18 bits per heavy atom. The Morgan fingerprint density at radius 1 is 1.27 bits per heavy atom. The van der Waals surface area contributed by atoms with Gasteiger partial charge in [0.1, 0.15) is 11.6 Å². The highest BCUT2D eigenvalue weighted by molar-refractivity contribution is 5.98. The largest absolute Gasteiger partial charge is 0.469 e. The quantitative estimate of drug-likeness (QED) is 0.774. The number of nitrogens with one attached hydrogen (secondary N) is 2. The molecule has 2 atom stereocenters. The van der Waals surface area contributed by atoms with E-state index in [0.717, 1.165) is 29.3 Å². The van der Waals surface area contributed by atoms with Crippen LogP contribution in [0.5, 0.6) is 0 Å². The zero-order valence-corrected chi connectivity index (χ0v) is 11.8. The summed E-state index contributed by atoms with van der Waals surface area (Å²) in [5.74, 6) is 1.84. The standard InChI is InChI=1S/C17H15N3O2/c21-17(13-10-12(13)15-6-3-9-22-15)20-14-5-2-1-4-11(14)16-18-7-8-19-16/h1-9,12-13H,10H2,(H,18,19)(H,20,21)/t12-,13-/m1/s1. The summed E-state index contributed by atoms with van der Waals surface area (Å²) in [4.78, 5) is 19.7. The molecule has 0 saturated heterocycles. The summed E-state index contributed by atoms with van der Waals surface area (Å²) in [6.07, 6.45) is 5.95. The summed E-state index contributed by atoms with van der Waals surface area (Å²) in [6.45, 7) is 0. The molecule has 0 unspecified atom stereocenters. The predicted molar refractivity (Wildman–Crippen MR) is 82.2 cm³/mol. The molecule has 1 aromatic carbocycles. The highest BCUT2D eigenvalue weighted by Crippen LogP contribution is 2.48. The van der Waals surface area contributed by atoms with Crippen LogP contribution in [0.2, 0.25) is 0 Å². The normalized spacial score (nSPS) is 19.8. The minimum atomic E-state index is -0.0178. The highest BCUT2D eigenvalue weighted by atomic mass is 16.3. The van der Waals surface area contributed by atoms with Crippen LogP contribution in [0.1, 0.15) is 18.1 Å². The van der Waals surface area contributed by atoms with Crippen LogP contribution in [0.4, 0.5) is 5.69 Å². The summed E-state index contributed by atoms with van der Waals surface area (Å²) >= 11 is 0. The molecule has 1 aliphatic rings. The molecule has 2 aromatic heterocycles. The van der Waals surface area contributed by atoms with E-state index in [-0.39, 0.29) is 17.7 Å². The first-order valence-corrected chi connectivity index (χ1v) is 7.26. The number of carbonyl (C=O) groups excluding carboxylic acids is 1. The fourth-order valence-corrected chi connectivity index (χ4v) is 2.74. The third-order valence-corrected chi connectivity index (χ3v) is 3.97. The molecule has 5 heteroatoms. The number of H-pyrrole nitrogens is 1. The lowest BCUT2D eigenvalue weighted by molar-refractivity contribution is -0.117. The van der Waals surface area contributed by atoms with Gasteiger partial charge in [0.2, 0.25) is 5.91 Å². The topological polar surface area (TPSA) is 70.9 Å². The predicted octanol–water partition coefficient (Wildman–Crippen LogP) is 3.41. The van der Waals surface area contributed by atoms with Crippen LogP contribution in [0.3, 0.4) is 0 Å². The van der Waals surface area contributed by atoms with Gasteiger partial charge in [-0.15, -0.1) is 0 Å². The molecule has 2 heterocycles. The molecule has 4 rings (SSSR count). The smallest absolute Gasteiger partial charge is 0.228 e. The van der Waals surface area contributed by atoms with E-state index < -0.39 is 0 Å². The van der Waals surface area contributed by atoms with Gasteiger partial charge < -0.3 is 14.7 Å². The summed E-state index contributed by atoms with van der Waals surface area (Å²) in [6, 6.07) is 11.4. The number of anilines is 1. The number of rotatable bonds is 4. The number of para-hydroxylation sites is 1. The summed E-state index contributed by atoms with van der Waals surface area (Å²) in [5, 5.41) is 3.01. The van der Waals surface area contributed by atoms with Crippen molar-refractivity contribution in [2.45, 2.75) is 12.3 Å². The Labute approximate surface area is 127 Å². The van der Waals surface area contributed by atoms with Gasteiger partial charge in [0, 0.05) is 29.8 Å². The molecule has 5 nitrogen and oxygen atoms in total. The second kappa shape index (κ2) is 5.18. The second-order valence-corrected chi connectivity index (χ2v) is 5.44. The van der Waals surface area contributed by atoms with Gasteiger partial charge in [-0.1, -0.05) is 12.1 Å². The van der Waals surface area contributed by atoms with Gasteiger partial charge in [0.15, 0.2) is 0 Å². The van der Waals surface area contributed by atoms with Crippen molar-refractivity contribution in [3.8, 4) is 11.4 Å². The van der Waals surface area contributed by atoms with Crippen LogP contribution in [-0.4, -0.2) is 15.9 Å². The first-order valence-electron chi connectivity index (χ1n) is 7.26. The van der Waals surface area contributed by atoms with Crippen LogP contribution >= 0.6 is 0 Å². The van der Waals surface area contributed by atoms with Gasteiger partial charge in [-0.25, -0.2) is 4.98 Å². The van der Waals surface area contributed by atoms with Crippen molar-refractivity contribution in [1.82, 2.24) is 9.97 Å². The molecule has 0 spiro atoms. The van der Waals surface area contributed by atoms with E-state index in [1.54, 1.807) is 18.7 Å². The number of furan rings is 1. The summed E-state index contributed by atoms with van der Waals surface area (Å²) < 4.78 is 5.38. The van der Waals surface area contributed by atoms with Crippen LogP contribution in [0.25, 0.3) is 11.4 Å². The molecule has 0 aliphatic heterocycles. The molecule has 1 saturated carbocycles. The van der Waals surface area contributed by atoms with Crippen molar-refractivity contribution in [2.75, 3.05) is 5.32 Å². The van der Waals surface area contributed by atoms with Crippen LogP contribution < -0.4 is 5.32 Å². The summed E-state index contributed by atoms with van der Waals surface area (Å²) in [5.41, 5.74) is 1.66. The maximum absolute atomic E-state index is 12.4. The Balaban J connectivity index is 1.52. The first kappa shape index (κ1) is 12.9. The number of amides is 1. The van der Waals surface area contributed by atoms with E-state index in [4.69, 9.17) is 4.42 Å². The second-order valence-electron chi connectivity index (χ2n) is 5.44. The highest BCUT2D eigenvalue weighted by Gasteiger charge is 2.45. The number of hydrogen-bond acceptors (Lipinski definition) is 3. The Bertz CT molecular complexity index is 778. The van der Waals surface area contributed by atoms with E-state index >= 15 is 0 Å². The lowest BCUT2D eigenvalue weighted by Gasteiger charge is -2.09. The molecule has 2 N–H and O–H groups in total. The molecule has 22 heavy (non-hydrogen) atoms. The molecule has 3 aromatic rings. The SMILES string of the molecule is O=C(Nc1ccccc1-c1ncc[nH]1)[C@@H]1C[C@H]1c1ccco1. The van der Waals surface area contributed by atoms with Crippen molar-refractivity contribution in [3.05, 3.63) is 60.8 Å². The lowest BCUT2D eigenvalue weighted by atomic mass is 10.1. The minimum Gasteiger partial charge on any atom is -0.469 e. The first-order chi connectivity index (χ1) is 10.8. The third kappa shape index (κ3) is 2.30. The van der Waals surface area contributed by atoms with Crippen molar-refractivity contribution in [1.29, 1.82) is 0 Å². The van der Waals surface area contributed by atoms with E-state index in [1.807, 2.05) is 36.4 Å². The number of aromatic nitrogens is 2. The number of hydrogen-bond donors (Lipinski definition) is 2. The van der Waals surface area contributed by atoms with E-state index in [9.17, 15) is 4.79 Å². The Morgan fingerprint density at radius 3 is 2.95 bits per heavy atom.